The Morgan fingerprint density at radius 1 is 1.33 bits per heavy atom. The molecule has 0 aliphatic heterocycles. The summed E-state index contributed by atoms with van der Waals surface area (Å²) in [4.78, 5) is 14.8. The van der Waals surface area contributed by atoms with Gasteiger partial charge >= 0.3 is 6.03 Å². The van der Waals surface area contributed by atoms with Crippen LogP contribution in [0, 0.1) is 18.7 Å². The summed E-state index contributed by atoms with van der Waals surface area (Å²) in [6.45, 7) is 2.59. The molecule has 3 rings (SSSR count). The molecule has 0 saturated heterocycles. The first kappa shape index (κ1) is 16.7. The van der Waals surface area contributed by atoms with Gasteiger partial charge in [0.05, 0.1) is 0 Å². The molecule has 0 unspecified atom stereocenters. The monoisotopic (exact) mass is 339 g/mol. The van der Waals surface area contributed by atoms with E-state index in [1.54, 1.807) is 6.07 Å². The predicted octanol–water partition coefficient (Wildman–Crippen LogP) is 3.50. The van der Waals surface area contributed by atoms with Crippen LogP contribution in [0.5, 0.6) is 0 Å². The second-order valence-corrected chi connectivity index (χ2v) is 6.44. The van der Waals surface area contributed by atoms with E-state index >= 15 is 0 Å². The number of rotatable bonds is 5. The largest absolute Gasteiger partial charge is 0.358 e. The second kappa shape index (κ2) is 6.37. The summed E-state index contributed by atoms with van der Waals surface area (Å²) in [5.74, 6) is -3.00. The number of fused-ring (bicyclic) bond motifs is 1. The number of aromatic amines is 1. The predicted molar refractivity (Wildman–Crippen MR) is 85.8 cm³/mol. The number of benzene rings is 1. The Morgan fingerprint density at radius 3 is 2.79 bits per heavy atom. The summed E-state index contributed by atoms with van der Waals surface area (Å²) in [5, 5.41) is 6.28. The third kappa shape index (κ3) is 3.66. The minimum Gasteiger partial charge on any atom is -0.358 e. The quantitative estimate of drug-likeness (QED) is 0.767. The van der Waals surface area contributed by atoms with Crippen molar-refractivity contribution in [1.82, 2.24) is 15.6 Å². The van der Waals surface area contributed by atoms with Crippen molar-refractivity contribution in [2.75, 3.05) is 13.1 Å². The summed E-state index contributed by atoms with van der Waals surface area (Å²) in [6, 6.07) is 4.22. The molecule has 0 bridgehead atoms. The topological polar surface area (TPSA) is 56.9 Å². The molecular weight excluding hydrogens is 319 g/mol. The molecule has 1 saturated carbocycles. The molecule has 7 heteroatoms. The van der Waals surface area contributed by atoms with Gasteiger partial charge < -0.3 is 15.6 Å². The van der Waals surface area contributed by atoms with E-state index in [-0.39, 0.29) is 37.2 Å². The SMILES string of the molecule is Cc1[nH]c2cc(F)ccc2c1CCNC(=O)NCC1CC(F)(F)C1. The van der Waals surface area contributed by atoms with Crippen LogP contribution in [0.1, 0.15) is 24.1 Å². The molecule has 3 N–H and O–H groups in total. The maximum absolute atomic E-state index is 13.2. The molecule has 1 aliphatic carbocycles. The van der Waals surface area contributed by atoms with Gasteiger partial charge in [-0.3, -0.25) is 0 Å². The van der Waals surface area contributed by atoms with Gasteiger partial charge in [-0.15, -0.1) is 0 Å². The Balaban J connectivity index is 1.46. The van der Waals surface area contributed by atoms with Crippen LogP contribution in [0.25, 0.3) is 10.9 Å². The summed E-state index contributed by atoms with van der Waals surface area (Å²) >= 11 is 0. The highest BCUT2D eigenvalue weighted by molar-refractivity contribution is 5.84. The Kier molecular flexibility index (Phi) is 4.43. The number of H-pyrrole nitrogens is 1. The molecule has 2 aromatic rings. The van der Waals surface area contributed by atoms with Crippen molar-refractivity contribution < 1.29 is 18.0 Å². The summed E-state index contributed by atoms with van der Waals surface area (Å²) in [6.07, 6.45) is 0.295. The lowest BCUT2D eigenvalue weighted by Crippen LogP contribution is -2.45. The van der Waals surface area contributed by atoms with E-state index in [9.17, 15) is 18.0 Å². The minimum absolute atomic E-state index is 0.142. The molecule has 0 spiro atoms. The zero-order valence-corrected chi connectivity index (χ0v) is 13.4. The van der Waals surface area contributed by atoms with Gasteiger partial charge in [0.15, 0.2) is 0 Å². The van der Waals surface area contributed by atoms with Crippen molar-refractivity contribution in [2.45, 2.75) is 32.1 Å². The molecule has 24 heavy (non-hydrogen) atoms. The second-order valence-electron chi connectivity index (χ2n) is 6.44. The first-order valence-electron chi connectivity index (χ1n) is 8.00. The lowest BCUT2D eigenvalue weighted by molar-refractivity contribution is -0.108. The zero-order valence-electron chi connectivity index (χ0n) is 13.4. The fourth-order valence-corrected chi connectivity index (χ4v) is 3.21. The number of carbonyl (C=O) groups is 1. The lowest BCUT2D eigenvalue weighted by Gasteiger charge is -2.34. The molecule has 0 radical (unpaired) electrons. The molecule has 1 aromatic heterocycles. The van der Waals surface area contributed by atoms with Crippen molar-refractivity contribution in [2.24, 2.45) is 5.92 Å². The Labute approximate surface area is 137 Å². The van der Waals surface area contributed by atoms with E-state index in [0.29, 0.717) is 13.0 Å². The number of amides is 2. The smallest absolute Gasteiger partial charge is 0.314 e. The molecule has 1 aromatic carbocycles. The average Bonchev–Trinajstić information content (AvgIpc) is 2.78. The van der Waals surface area contributed by atoms with Crippen LogP contribution in [0.4, 0.5) is 18.0 Å². The summed E-state index contributed by atoms with van der Waals surface area (Å²) < 4.78 is 38.7. The van der Waals surface area contributed by atoms with Gasteiger partial charge in [0.2, 0.25) is 5.92 Å². The van der Waals surface area contributed by atoms with Crippen LogP contribution >= 0.6 is 0 Å². The van der Waals surface area contributed by atoms with Gasteiger partial charge in [0.25, 0.3) is 0 Å². The Hall–Kier alpha value is -2.18. The van der Waals surface area contributed by atoms with Crippen molar-refractivity contribution in [3.8, 4) is 0 Å². The molecule has 1 heterocycles. The first-order chi connectivity index (χ1) is 11.3. The standard InChI is InChI=1S/C17H20F3N3O/c1-10-13(14-3-2-12(18)6-15(14)23-10)4-5-21-16(24)22-9-11-7-17(19,20)8-11/h2-3,6,11,23H,4-5,7-9H2,1H3,(H2,21,22,24). The van der Waals surface area contributed by atoms with Crippen LogP contribution in [-0.2, 0) is 6.42 Å². The average molecular weight is 339 g/mol. The lowest BCUT2D eigenvalue weighted by atomic mass is 9.81. The fourth-order valence-electron chi connectivity index (χ4n) is 3.21. The number of nitrogens with one attached hydrogen (secondary N) is 3. The third-order valence-corrected chi connectivity index (χ3v) is 4.47. The molecule has 0 atom stereocenters. The van der Waals surface area contributed by atoms with Gasteiger partial charge in [0.1, 0.15) is 5.82 Å². The van der Waals surface area contributed by atoms with Crippen LogP contribution < -0.4 is 10.6 Å². The first-order valence-corrected chi connectivity index (χ1v) is 8.00. The Bertz CT molecular complexity index is 749. The Morgan fingerprint density at radius 2 is 2.08 bits per heavy atom. The molecule has 2 amide bonds. The molecule has 130 valence electrons. The van der Waals surface area contributed by atoms with Gasteiger partial charge in [0, 0.05) is 42.5 Å². The van der Waals surface area contributed by atoms with E-state index < -0.39 is 5.92 Å². The number of alkyl halides is 2. The molecule has 1 aliphatic rings. The van der Waals surface area contributed by atoms with Crippen molar-refractivity contribution in [3.05, 3.63) is 35.3 Å². The number of hydrogen-bond acceptors (Lipinski definition) is 1. The highest BCUT2D eigenvalue weighted by atomic mass is 19.3. The van der Waals surface area contributed by atoms with Gasteiger partial charge in [-0.05, 0) is 43.0 Å². The number of hydrogen-bond donors (Lipinski definition) is 3. The van der Waals surface area contributed by atoms with E-state index in [1.807, 2.05) is 6.92 Å². The van der Waals surface area contributed by atoms with Crippen molar-refractivity contribution >= 4 is 16.9 Å². The fraction of sp³-hybridized carbons (Fsp3) is 0.471. The molecular formula is C17H20F3N3O. The number of halogens is 3. The maximum Gasteiger partial charge on any atom is 0.314 e. The van der Waals surface area contributed by atoms with E-state index in [4.69, 9.17) is 0 Å². The highest BCUT2D eigenvalue weighted by Gasteiger charge is 2.44. The third-order valence-electron chi connectivity index (χ3n) is 4.47. The van der Waals surface area contributed by atoms with Crippen LogP contribution in [0.3, 0.4) is 0 Å². The van der Waals surface area contributed by atoms with Gasteiger partial charge in [-0.2, -0.15) is 0 Å². The maximum atomic E-state index is 13.2. The van der Waals surface area contributed by atoms with E-state index in [0.717, 1.165) is 22.2 Å². The van der Waals surface area contributed by atoms with Crippen molar-refractivity contribution in [1.29, 1.82) is 0 Å². The number of carbonyl (C=O) groups excluding carboxylic acids is 1. The zero-order chi connectivity index (χ0) is 17.3. The van der Waals surface area contributed by atoms with Gasteiger partial charge in [-0.25, -0.2) is 18.0 Å². The molecule has 1 fully saturated rings. The van der Waals surface area contributed by atoms with Gasteiger partial charge in [-0.1, -0.05) is 0 Å². The highest BCUT2D eigenvalue weighted by Crippen LogP contribution is 2.41. The van der Waals surface area contributed by atoms with E-state index in [1.165, 1.54) is 12.1 Å². The normalized spacial score (nSPS) is 16.8. The van der Waals surface area contributed by atoms with E-state index in [2.05, 4.69) is 15.6 Å². The summed E-state index contributed by atoms with van der Waals surface area (Å²) in [7, 11) is 0. The number of aromatic nitrogens is 1. The molecule has 4 nitrogen and oxygen atoms in total. The van der Waals surface area contributed by atoms with Crippen molar-refractivity contribution in [3.63, 3.8) is 0 Å². The van der Waals surface area contributed by atoms with Crippen LogP contribution in [-0.4, -0.2) is 30.0 Å². The minimum atomic E-state index is -2.56. The van der Waals surface area contributed by atoms with Crippen LogP contribution in [0.2, 0.25) is 0 Å². The van der Waals surface area contributed by atoms with Crippen LogP contribution in [0.15, 0.2) is 18.2 Å². The number of urea groups is 1. The summed E-state index contributed by atoms with van der Waals surface area (Å²) in [5.41, 5.74) is 2.70. The number of aryl methyl sites for hydroxylation is 1.